The highest BCUT2D eigenvalue weighted by Crippen LogP contribution is 2.29. The SMILES string of the molecule is Cc1cc(Cl)nc(OCC2CC2)c1.OCC1CC1. The molecule has 1 heterocycles. The number of aromatic nitrogens is 1. The summed E-state index contributed by atoms with van der Waals surface area (Å²) in [6.07, 6.45) is 5.10. The number of aliphatic hydroxyl groups excluding tert-OH is 1. The maximum absolute atomic E-state index is 8.21. The smallest absolute Gasteiger partial charge is 0.214 e. The number of halogens is 1. The van der Waals surface area contributed by atoms with Gasteiger partial charge in [0.15, 0.2) is 0 Å². The van der Waals surface area contributed by atoms with Gasteiger partial charge in [-0.1, -0.05) is 11.6 Å². The minimum atomic E-state index is 0.417. The molecule has 100 valence electrons. The largest absolute Gasteiger partial charge is 0.477 e. The van der Waals surface area contributed by atoms with E-state index in [0.717, 1.165) is 18.1 Å². The number of hydrogen-bond donors (Lipinski definition) is 1. The lowest BCUT2D eigenvalue weighted by atomic mass is 10.3. The lowest BCUT2D eigenvalue weighted by Crippen LogP contribution is -2.00. The van der Waals surface area contributed by atoms with Crippen LogP contribution in [-0.4, -0.2) is 23.3 Å². The van der Waals surface area contributed by atoms with Crippen molar-refractivity contribution in [1.82, 2.24) is 4.98 Å². The maximum atomic E-state index is 8.21. The van der Waals surface area contributed by atoms with Crippen molar-refractivity contribution >= 4 is 11.6 Å². The topological polar surface area (TPSA) is 42.4 Å². The Kier molecular flexibility index (Phi) is 4.84. The molecule has 0 atom stereocenters. The highest BCUT2D eigenvalue weighted by Gasteiger charge is 2.22. The number of aryl methyl sites for hydroxylation is 1. The number of aliphatic hydroxyl groups is 1. The summed E-state index contributed by atoms with van der Waals surface area (Å²) in [5, 5.41) is 8.71. The van der Waals surface area contributed by atoms with Crippen LogP contribution in [0.3, 0.4) is 0 Å². The van der Waals surface area contributed by atoms with Crippen molar-refractivity contribution in [1.29, 1.82) is 0 Å². The molecule has 3 nitrogen and oxygen atoms in total. The van der Waals surface area contributed by atoms with Crippen molar-refractivity contribution in [2.45, 2.75) is 32.6 Å². The fourth-order valence-corrected chi connectivity index (χ4v) is 1.71. The van der Waals surface area contributed by atoms with Gasteiger partial charge in [-0.25, -0.2) is 4.98 Å². The first-order valence-corrected chi connectivity index (χ1v) is 6.93. The van der Waals surface area contributed by atoms with E-state index in [0.29, 0.717) is 23.6 Å². The van der Waals surface area contributed by atoms with Crippen molar-refractivity contribution in [2.75, 3.05) is 13.2 Å². The van der Waals surface area contributed by atoms with Crippen LogP contribution in [0.25, 0.3) is 0 Å². The molecule has 0 aliphatic heterocycles. The van der Waals surface area contributed by atoms with Crippen molar-refractivity contribution in [3.8, 4) is 5.88 Å². The average molecular weight is 270 g/mol. The summed E-state index contributed by atoms with van der Waals surface area (Å²) in [4.78, 5) is 4.08. The summed E-state index contributed by atoms with van der Waals surface area (Å²) in [5.41, 5.74) is 1.09. The summed E-state index contributed by atoms with van der Waals surface area (Å²) in [7, 11) is 0. The van der Waals surface area contributed by atoms with E-state index in [2.05, 4.69) is 4.98 Å². The first kappa shape index (κ1) is 13.6. The quantitative estimate of drug-likeness (QED) is 0.854. The van der Waals surface area contributed by atoms with Gasteiger partial charge in [0.1, 0.15) is 5.15 Å². The van der Waals surface area contributed by atoms with Crippen molar-refractivity contribution in [3.05, 3.63) is 22.8 Å². The Morgan fingerprint density at radius 1 is 1.28 bits per heavy atom. The Labute approximate surface area is 113 Å². The molecular formula is C14H20ClNO2. The second-order valence-electron chi connectivity index (χ2n) is 5.19. The molecule has 0 unspecified atom stereocenters. The van der Waals surface area contributed by atoms with Crippen LogP contribution in [0.5, 0.6) is 5.88 Å². The van der Waals surface area contributed by atoms with E-state index in [4.69, 9.17) is 21.4 Å². The minimum Gasteiger partial charge on any atom is -0.477 e. The van der Waals surface area contributed by atoms with Gasteiger partial charge in [0.05, 0.1) is 6.61 Å². The zero-order chi connectivity index (χ0) is 13.0. The molecule has 2 saturated carbocycles. The van der Waals surface area contributed by atoms with Gasteiger partial charge in [-0.3, -0.25) is 0 Å². The van der Waals surface area contributed by atoms with E-state index < -0.39 is 0 Å². The Morgan fingerprint density at radius 3 is 2.39 bits per heavy atom. The van der Waals surface area contributed by atoms with E-state index in [1.54, 1.807) is 0 Å². The number of hydrogen-bond acceptors (Lipinski definition) is 3. The van der Waals surface area contributed by atoms with Crippen molar-refractivity contribution < 1.29 is 9.84 Å². The molecule has 1 N–H and O–H groups in total. The Morgan fingerprint density at radius 2 is 1.94 bits per heavy atom. The predicted octanol–water partition coefficient (Wildman–Crippen LogP) is 3.22. The van der Waals surface area contributed by atoms with Gasteiger partial charge in [0.2, 0.25) is 5.88 Å². The monoisotopic (exact) mass is 269 g/mol. The zero-order valence-electron chi connectivity index (χ0n) is 10.7. The fourth-order valence-electron chi connectivity index (χ4n) is 1.46. The number of rotatable bonds is 4. The lowest BCUT2D eigenvalue weighted by Gasteiger charge is -2.04. The van der Waals surface area contributed by atoms with Crippen LogP contribution >= 0.6 is 11.6 Å². The van der Waals surface area contributed by atoms with Gasteiger partial charge >= 0.3 is 0 Å². The summed E-state index contributed by atoms with van der Waals surface area (Å²) >= 11 is 5.79. The van der Waals surface area contributed by atoms with E-state index >= 15 is 0 Å². The first-order chi connectivity index (χ1) is 8.67. The van der Waals surface area contributed by atoms with Gasteiger partial charge in [0, 0.05) is 12.7 Å². The van der Waals surface area contributed by atoms with E-state index in [-0.39, 0.29) is 0 Å². The molecule has 0 saturated heterocycles. The third-order valence-corrected chi connectivity index (χ3v) is 3.23. The molecule has 1 aromatic rings. The third kappa shape index (κ3) is 5.23. The van der Waals surface area contributed by atoms with Gasteiger partial charge in [-0.15, -0.1) is 0 Å². The van der Waals surface area contributed by atoms with Crippen LogP contribution in [0.1, 0.15) is 31.2 Å². The highest BCUT2D eigenvalue weighted by molar-refractivity contribution is 6.29. The Hall–Kier alpha value is -0.800. The number of ether oxygens (including phenoxy) is 1. The van der Waals surface area contributed by atoms with E-state index in [9.17, 15) is 0 Å². The third-order valence-electron chi connectivity index (χ3n) is 3.03. The maximum Gasteiger partial charge on any atom is 0.214 e. The molecule has 0 amide bonds. The molecule has 3 rings (SSSR count). The summed E-state index contributed by atoms with van der Waals surface area (Å²) in [6.45, 7) is 3.18. The normalized spacial score (nSPS) is 17.9. The lowest BCUT2D eigenvalue weighted by molar-refractivity contribution is 0.277. The number of nitrogens with zero attached hydrogens (tertiary/aromatic N) is 1. The van der Waals surface area contributed by atoms with Crippen LogP contribution in [0, 0.1) is 18.8 Å². The van der Waals surface area contributed by atoms with Gasteiger partial charge < -0.3 is 9.84 Å². The second-order valence-corrected chi connectivity index (χ2v) is 5.57. The van der Waals surface area contributed by atoms with Crippen LogP contribution in [0.2, 0.25) is 5.15 Å². The van der Waals surface area contributed by atoms with E-state index in [1.165, 1.54) is 25.7 Å². The Balaban J connectivity index is 0.000000202. The standard InChI is InChI=1S/C10H12ClNO.C4H8O/c1-7-4-9(11)12-10(5-7)13-6-8-2-3-8;5-3-4-1-2-4/h4-5,8H,2-3,6H2,1H3;4-5H,1-3H2. The van der Waals surface area contributed by atoms with Crippen LogP contribution in [-0.2, 0) is 0 Å². The predicted molar refractivity (Wildman–Crippen MR) is 72.0 cm³/mol. The van der Waals surface area contributed by atoms with Crippen molar-refractivity contribution in [2.24, 2.45) is 11.8 Å². The molecule has 4 heteroatoms. The van der Waals surface area contributed by atoms with Gasteiger partial charge in [0.25, 0.3) is 0 Å². The summed E-state index contributed by atoms with van der Waals surface area (Å²) in [6, 6.07) is 3.74. The summed E-state index contributed by atoms with van der Waals surface area (Å²) in [5.74, 6) is 2.09. The molecule has 0 spiro atoms. The summed E-state index contributed by atoms with van der Waals surface area (Å²) < 4.78 is 5.50. The van der Waals surface area contributed by atoms with Crippen LogP contribution < -0.4 is 4.74 Å². The molecule has 0 aromatic carbocycles. The molecule has 0 radical (unpaired) electrons. The molecule has 18 heavy (non-hydrogen) atoms. The fraction of sp³-hybridized carbons (Fsp3) is 0.643. The Bertz CT molecular complexity index is 369. The molecular weight excluding hydrogens is 250 g/mol. The number of pyridine rings is 1. The minimum absolute atomic E-state index is 0.417. The second kappa shape index (κ2) is 6.39. The highest BCUT2D eigenvalue weighted by atomic mass is 35.5. The zero-order valence-corrected chi connectivity index (χ0v) is 11.5. The molecule has 2 fully saturated rings. The molecule has 2 aliphatic rings. The average Bonchev–Trinajstić information content (AvgIpc) is 3.18. The molecule has 2 aliphatic carbocycles. The molecule has 0 bridgehead atoms. The van der Waals surface area contributed by atoms with Crippen molar-refractivity contribution in [3.63, 3.8) is 0 Å². The van der Waals surface area contributed by atoms with Gasteiger partial charge in [-0.2, -0.15) is 0 Å². The van der Waals surface area contributed by atoms with Gasteiger partial charge in [-0.05, 0) is 56.1 Å². The van der Waals surface area contributed by atoms with Crippen LogP contribution in [0.4, 0.5) is 0 Å². The molecule has 1 aromatic heterocycles. The van der Waals surface area contributed by atoms with Crippen LogP contribution in [0.15, 0.2) is 12.1 Å². The first-order valence-electron chi connectivity index (χ1n) is 6.55. The van der Waals surface area contributed by atoms with E-state index in [1.807, 2.05) is 19.1 Å².